The third-order valence-corrected chi connectivity index (χ3v) is 3.86. The molecule has 21 heavy (non-hydrogen) atoms. The van der Waals surface area contributed by atoms with E-state index in [-0.39, 0.29) is 11.1 Å². The van der Waals surface area contributed by atoms with Crippen molar-refractivity contribution in [1.82, 2.24) is 0 Å². The topological polar surface area (TPSA) is 9.23 Å². The zero-order valence-corrected chi connectivity index (χ0v) is 12.7. The lowest BCUT2D eigenvalue weighted by molar-refractivity contribution is -0.0498. The molecule has 2 aromatic carbocycles. The van der Waals surface area contributed by atoms with Gasteiger partial charge in [-0.2, -0.15) is 8.78 Å². The molecule has 0 bridgehead atoms. The normalized spacial score (nSPS) is 12.5. The number of ether oxygens (including phenoxy) is 1. The molecule has 1 unspecified atom stereocenters. The Morgan fingerprint density at radius 1 is 1.00 bits per heavy atom. The molecule has 0 radical (unpaired) electrons. The summed E-state index contributed by atoms with van der Waals surface area (Å²) in [5, 5.41) is -0.201. The molecule has 112 valence electrons. The maximum absolute atomic E-state index is 12.1. The number of alkyl halides is 3. The molecule has 0 spiro atoms. The fourth-order valence-electron chi connectivity index (χ4n) is 2.11. The summed E-state index contributed by atoms with van der Waals surface area (Å²) < 4.78 is 28.5. The van der Waals surface area contributed by atoms with Crippen LogP contribution in [0.25, 0.3) is 0 Å². The number of hydrogen-bond donors (Lipinski definition) is 0. The van der Waals surface area contributed by atoms with Crippen LogP contribution in [-0.4, -0.2) is 6.61 Å². The maximum Gasteiger partial charge on any atom is 0.387 e. The molecule has 0 aliphatic heterocycles. The van der Waals surface area contributed by atoms with Gasteiger partial charge in [0.2, 0.25) is 0 Å². The first-order valence-electron chi connectivity index (χ1n) is 6.70. The van der Waals surface area contributed by atoms with Gasteiger partial charge in [-0.1, -0.05) is 30.3 Å². The van der Waals surface area contributed by atoms with Crippen LogP contribution < -0.4 is 4.74 Å². The summed E-state index contributed by atoms with van der Waals surface area (Å²) in [6.45, 7) is 1.33. The fourth-order valence-corrected chi connectivity index (χ4v) is 2.44. The zero-order chi connectivity index (χ0) is 15.4. The van der Waals surface area contributed by atoms with E-state index in [1.54, 1.807) is 12.1 Å². The van der Waals surface area contributed by atoms with Crippen LogP contribution in [0.4, 0.5) is 8.78 Å². The summed E-state index contributed by atoms with van der Waals surface area (Å²) in [6, 6.07) is 12.7. The Hall–Kier alpha value is -1.61. The minimum Gasteiger partial charge on any atom is -0.435 e. The zero-order valence-electron chi connectivity index (χ0n) is 11.9. The van der Waals surface area contributed by atoms with Crippen LogP contribution in [0.2, 0.25) is 0 Å². The van der Waals surface area contributed by atoms with Crippen LogP contribution in [0.5, 0.6) is 5.75 Å². The molecule has 1 nitrogen and oxygen atoms in total. The lowest BCUT2D eigenvalue weighted by Gasteiger charge is -2.12. The standard InChI is InChI=1S/C17H17ClF2O/c1-11-3-4-13(9-12(11)2)10-16(18)14-5-7-15(8-6-14)21-17(19)20/h3-9,16-17H,10H2,1-2H3. The molecular formula is C17H17ClF2O. The second kappa shape index (κ2) is 6.90. The Kier molecular flexibility index (Phi) is 5.18. The first kappa shape index (κ1) is 15.8. The van der Waals surface area contributed by atoms with E-state index in [9.17, 15) is 8.78 Å². The molecule has 0 aromatic heterocycles. The van der Waals surface area contributed by atoms with E-state index >= 15 is 0 Å². The van der Waals surface area contributed by atoms with Crippen molar-refractivity contribution >= 4 is 11.6 Å². The van der Waals surface area contributed by atoms with Gasteiger partial charge >= 0.3 is 6.61 Å². The van der Waals surface area contributed by atoms with Crippen LogP contribution in [-0.2, 0) is 6.42 Å². The second-order valence-corrected chi connectivity index (χ2v) is 5.56. The highest BCUT2D eigenvalue weighted by molar-refractivity contribution is 6.20. The van der Waals surface area contributed by atoms with E-state index in [4.69, 9.17) is 11.6 Å². The van der Waals surface area contributed by atoms with Crippen molar-refractivity contribution in [3.63, 3.8) is 0 Å². The third-order valence-electron chi connectivity index (χ3n) is 3.45. The lowest BCUT2D eigenvalue weighted by Crippen LogP contribution is -2.02. The lowest BCUT2D eigenvalue weighted by atomic mass is 10.00. The number of rotatable bonds is 5. The van der Waals surface area contributed by atoms with E-state index < -0.39 is 6.61 Å². The molecule has 2 rings (SSSR count). The van der Waals surface area contributed by atoms with Crippen molar-refractivity contribution in [3.8, 4) is 5.75 Å². The monoisotopic (exact) mass is 310 g/mol. The van der Waals surface area contributed by atoms with Gasteiger partial charge in [-0.15, -0.1) is 11.6 Å². The fraction of sp³-hybridized carbons (Fsp3) is 0.294. The minimum atomic E-state index is -2.81. The van der Waals surface area contributed by atoms with Gasteiger partial charge in [0.1, 0.15) is 5.75 Å². The van der Waals surface area contributed by atoms with Crippen LogP contribution in [0.1, 0.15) is 27.6 Å². The van der Waals surface area contributed by atoms with Crippen molar-refractivity contribution in [2.45, 2.75) is 32.3 Å². The molecule has 0 saturated heterocycles. The van der Waals surface area contributed by atoms with Crippen LogP contribution in [0.15, 0.2) is 42.5 Å². The van der Waals surface area contributed by atoms with Crippen LogP contribution in [0.3, 0.4) is 0 Å². The van der Waals surface area contributed by atoms with Crippen molar-refractivity contribution in [1.29, 1.82) is 0 Å². The summed E-state index contributed by atoms with van der Waals surface area (Å²) in [4.78, 5) is 0. The third kappa shape index (κ3) is 4.43. The van der Waals surface area contributed by atoms with Gasteiger partial charge in [0.05, 0.1) is 5.38 Å². The highest BCUT2D eigenvalue weighted by atomic mass is 35.5. The first-order valence-corrected chi connectivity index (χ1v) is 7.14. The van der Waals surface area contributed by atoms with Gasteiger partial charge in [0, 0.05) is 0 Å². The Morgan fingerprint density at radius 2 is 1.67 bits per heavy atom. The van der Waals surface area contributed by atoms with E-state index in [1.165, 1.54) is 23.3 Å². The Bertz CT molecular complexity index is 596. The number of halogens is 3. The molecule has 0 saturated carbocycles. The molecule has 0 N–H and O–H groups in total. The van der Waals surface area contributed by atoms with Crippen molar-refractivity contribution in [3.05, 3.63) is 64.7 Å². The van der Waals surface area contributed by atoms with E-state index in [0.717, 1.165) is 11.1 Å². The molecule has 0 amide bonds. The van der Waals surface area contributed by atoms with Crippen molar-refractivity contribution in [2.24, 2.45) is 0 Å². The highest BCUT2D eigenvalue weighted by Crippen LogP contribution is 2.27. The van der Waals surface area contributed by atoms with Gasteiger partial charge in [-0.3, -0.25) is 0 Å². The van der Waals surface area contributed by atoms with Crippen LogP contribution in [0, 0.1) is 13.8 Å². The molecular weight excluding hydrogens is 294 g/mol. The summed E-state index contributed by atoms with van der Waals surface area (Å²) in [7, 11) is 0. The summed E-state index contributed by atoms with van der Waals surface area (Å²) >= 11 is 6.40. The van der Waals surface area contributed by atoms with E-state index in [2.05, 4.69) is 36.8 Å². The average Bonchev–Trinajstić information content (AvgIpc) is 2.43. The maximum atomic E-state index is 12.1. The Morgan fingerprint density at radius 3 is 2.24 bits per heavy atom. The number of aryl methyl sites for hydroxylation is 2. The minimum absolute atomic E-state index is 0.142. The molecule has 0 heterocycles. The first-order chi connectivity index (χ1) is 9.95. The molecule has 0 fully saturated rings. The summed E-state index contributed by atoms with van der Waals surface area (Å²) in [5.74, 6) is 0.142. The van der Waals surface area contributed by atoms with Gasteiger partial charge in [0.25, 0.3) is 0 Å². The molecule has 2 aromatic rings. The largest absolute Gasteiger partial charge is 0.435 e. The van der Waals surface area contributed by atoms with Crippen molar-refractivity contribution < 1.29 is 13.5 Å². The predicted octanol–water partition coefficient (Wildman–Crippen LogP) is 5.43. The molecule has 4 heteroatoms. The predicted molar refractivity (Wildman–Crippen MR) is 81.3 cm³/mol. The molecule has 0 aliphatic carbocycles. The van der Waals surface area contributed by atoms with Gasteiger partial charge < -0.3 is 4.74 Å². The van der Waals surface area contributed by atoms with Crippen molar-refractivity contribution in [2.75, 3.05) is 0 Å². The second-order valence-electron chi connectivity index (χ2n) is 5.04. The van der Waals surface area contributed by atoms with Crippen LogP contribution >= 0.6 is 11.6 Å². The molecule has 0 aliphatic rings. The Balaban J connectivity index is 2.05. The Labute approximate surface area is 128 Å². The smallest absolute Gasteiger partial charge is 0.387 e. The van der Waals surface area contributed by atoms with E-state index in [0.29, 0.717) is 6.42 Å². The van der Waals surface area contributed by atoms with Gasteiger partial charge in [0.15, 0.2) is 0 Å². The highest BCUT2D eigenvalue weighted by Gasteiger charge is 2.11. The SMILES string of the molecule is Cc1ccc(CC(Cl)c2ccc(OC(F)F)cc2)cc1C. The average molecular weight is 311 g/mol. The molecule has 1 atom stereocenters. The number of benzene rings is 2. The number of hydrogen-bond acceptors (Lipinski definition) is 1. The summed E-state index contributed by atoms with van der Waals surface area (Å²) in [6.07, 6.45) is 0.692. The van der Waals surface area contributed by atoms with Gasteiger partial charge in [-0.05, 0) is 54.7 Å². The summed E-state index contributed by atoms with van der Waals surface area (Å²) in [5.41, 5.74) is 4.53. The van der Waals surface area contributed by atoms with Gasteiger partial charge in [-0.25, -0.2) is 0 Å². The quantitative estimate of drug-likeness (QED) is 0.669. The van der Waals surface area contributed by atoms with E-state index in [1.807, 2.05) is 0 Å².